The fourth-order valence-corrected chi connectivity index (χ4v) is 2.67. The third kappa shape index (κ3) is 7.23. The molecule has 0 aliphatic heterocycles. The molecule has 0 radical (unpaired) electrons. The second-order valence-electron chi connectivity index (χ2n) is 6.34. The van der Waals surface area contributed by atoms with Crippen molar-refractivity contribution in [2.45, 2.75) is 38.2 Å². The van der Waals surface area contributed by atoms with Crippen molar-refractivity contribution in [2.75, 3.05) is 13.7 Å². The van der Waals surface area contributed by atoms with Crippen LogP contribution < -0.4 is 4.74 Å². The first-order chi connectivity index (χ1) is 13.1. The molecule has 144 valence electrons. The fraction of sp³-hybridized carbons (Fsp3) is 0.364. The molecule has 0 aliphatic carbocycles. The Bertz CT molecular complexity index is 709. The molecule has 1 N–H and O–H groups in total. The third-order valence-electron chi connectivity index (χ3n) is 4.29. The Balaban J connectivity index is 1.58. The molecule has 0 fully saturated rings. The lowest BCUT2D eigenvalue weighted by atomic mass is 10.0. The predicted molar refractivity (Wildman–Crippen MR) is 103 cm³/mol. The highest BCUT2D eigenvalue weighted by Gasteiger charge is 2.11. The van der Waals surface area contributed by atoms with Gasteiger partial charge in [0.25, 0.3) is 0 Å². The van der Waals surface area contributed by atoms with Gasteiger partial charge in [-0.3, -0.25) is 4.79 Å². The quantitative estimate of drug-likeness (QED) is 0.367. The van der Waals surface area contributed by atoms with Gasteiger partial charge in [-0.05, 0) is 62.1 Å². The van der Waals surface area contributed by atoms with Crippen LogP contribution in [0.15, 0.2) is 54.6 Å². The van der Waals surface area contributed by atoms with Crippen LogP contribution in [0.4, 0.5) is 0 Å². The summed E-state index contributed by atoms with van der Waals surface area (Å²) in [5.74, 6) is 0.384. The zero-order chi connectivity index (χ0) is 19.5. The fourth-order valence-electron chi connectivity index (χ4n) is 2.67. The Hall–Kier alpha value is -2.66. The number of esters is 1. The van der Waals surface area contributed by atoms with E-state index in [1.54, 1.807) is 55.6 Å². The zero-order valence-corrected chi connectivity index (χ0v) is 15.6. The smallest absolute Gasteiger partial charge is 0.338 e. The SMILES string of the molecule is COc1ccc(C(=O)CC[C@H](O)CCCCOC(=O)c2ccccc2)cc1. The summed E-state index contributed by atoms with van der Waals surface area (Å²) in [6, 6.07) is 15.8. The van der Waals surface area contributed by atoms with Gasteiger partial charge in [0.05, 0.1) is 25.4 Å². The van der Waals surface area contributed by atoms with Crippen LogP contribution in [0.3, 0.4) is 0 Å². The van der Waals surface area contributed by atoms with Gasteiger partial charge in [-0.2, -0.15) is 0 Å². The van der Waals surface area contributed by atoms with Gasteiger partial charge in [-0.1, -0.05) is 18.2 Å². The Morgan fingerprint density at radius 3 is 2.30 bits per heavy atom. The molecule has 0 bridgehead atoms. The number of methoxy groups -OCH3 is 1. The minimum absolute atomic E-state index is 0.00786. The summed E-state index contributed by atoms with van der Waals surface area (Å²) in [6.07, 6.45) is 2.20. The van der Waals surface area contributed by atoms with E-state index in [1.807, 2.05) is 6.07 Å². The van der Waals surface area contributed by atoms with Crippen molar-refractivity contribution in [3.8, 4) is 5.75 Å². The molecule has 5 nitrogen and oxygen atoms in total. The van der Waals surface area contributed by atoms with E-state index in [0.717, 1.165) is 6.42 Å². The van der Waals surface area contributed by atoms with Crippen molar-refractivity contribution in [1.82, 2.24) is 0 Å². The highest BCUT2D eigenvalue weighted by Crippen LogP contribution is 2.15. The van der Waals surface area contributed by atoms with E-state index >= 15 is 0 Å². The van der Waals surface area contributed by atoms with Crippen molar-refractivity contribution in [1.29, 1.82) is 0 Å². The van der Waals surface area contributed by atoms with Crippen molar-refractivity contribution < 1.29 is 24.2 Å². The van der Waals surface area contributed by atoms with Crippen LogP contribution in [0, 0.1) is 0 Å². The lowest BCUT2D eigenvalue weighted by Crippen LogP contribution is -2.11. The monoisotopic (exact) mass is 370 g/mol. The number of aliphatic hydroxyl groups is 1. The normalized spacial score (nSPS) is 11.6. The van der Waals surface area contributed by atoms with E-state index in [4.69, 9.17) is 9.47 Å². The van der Waals surface area contributed by atoms with E-state index in [1.165, 1.54) is 0 Å². The summed E-state index contributed by atoms with van der Waals surface area (Å²) in [6.45, 7) is 0.325. The number of carbonyl (C=O) groups is 2. The average molecular weight is 370 g/mol. The molecule has 0 unspecified atom stereocenters. The van der Waals surface area contributed by atoms with Crippen LogP contribution in [0.2, 0.25) is 0 Å². The van der Waals surface area contributed by atoms with E-state index in [2.05, 4.69) is 0 Å². The Morgan fingerprint density at radius 2 is 1.63 bits per heavy atom. The predicted octanol–water partition coefficient (Wildman–Crippen LogP) is 4.05. The molecule has 0 amide bonds. The summed E-state index contributed by atoms with van der Waals surface area (Å²) in [7, 11) is 1.58. The number of ketones is 1. The Kier molecular flexibility index (Phi) is 8.52. The molecule has 0 heterocycles. The molecule has 2 rings (SSSR count). The second kappa shape index (κ2) is 11.1. The molecule has 2 aromatic rings. The van der Waals surface area contributed by atoms with Gasteiger partial charge in [0, 0.05) is 12.0 Å². The van der Waals surface area contributed by atoms with E-state index in [0.29, 0.717) is 49.2 Å². The maximum atomic E-state index is 12.1. The first-order valence-corrected chi connectivity index (χ1v) is 9.17. The number of carbonyl (C=O) groups excluding carboxylic acids is 2. The molecule has 0 aromatic heterocycles. The van der Waals surface area contributed by atoms with Gasteiger partial charge < -0.3 is 14.6 Å². The van der Waals surface area contributed by atoms with Crippen LogP contribution in [0.5, 0.6) is 5.75 Å². The molecule has 1 atom stereocenters. The summed E-state index contributed by atoms with van der Waals surface area (Å²) in [4.78, 5) is 23.9. The number of hydrogen-bond donors (Lipinski definition) is 1. The van der Waals surface area contributed by atoms with E-state index < -0.39 is 6.10 Å². The highest BCUT2D eigenvalue weighted by atomic mass is 16.5. The average Bonchev–Trinajstić information content (AvgIpc) is 2.72. The standard InChI is InChI=1S/C22H26O5/c1-26-20-13-10-17(11-14-20)21(24)15-12-19(23)9-5-6-16-27-22(25)18-7-3-2-4-8-18/h2-4,7-8,10-11,13-14,19,23H,5-6,9,12,15-16H2,1H3/t19-/m1/s1. The van der Waals surface area contributed by atoms with Gasteiger partial charge in [0.15, 0.2) is 5.78 Å². The number of unbranched alkanes of at least 4 members (excludes halogenated alkanes) is 1. The Labute approximate surface area is 159 Å². The van der Waals surface area contributed by atoms with Crippen molar-refractivity contribution in [2.24, 2.45) is 0 Å². The summed E-state index contributed by atoms with van der Waals surface area (Å²) >= 11 is 0. The molecule has 27 heavy (non-hydrogen) atoms. The van der Waals surface area contributed by atoms with Gasteiger partial charge in [0.2, 0.25) is 0 Å². The largest absolute Gasteiger partial charge is 0.497 e. The number of rotatable bonds is 11. The molecule has 0 saturated heterocycles. The minimum Gasteiger partial charge on any atom is -0.497 e. The lowest BCUT2D eigenvalue weighted by molar-refractivity contribution is 0.0492. The molecular weight excluding hydrogens is 344 g/mol. The molecule has 0 spiro atoms. The topological polar surface area (TPSA) is 72.8 Å². The van der Waals surface area contributed by atoms with Crippen LogP contribution >= 0.6 is 0 Å². The maximum Gasteiger partial charge on any atom is 0.338 e. The van der Waals surface area contributed by atoms with Gasteiger partial charge in [0.1, 0.15) is 5.75 Å². The highest BCUT2D eigenvalue weighted by molar-refractivity contribution is 5.96. The van der Waals surface area contributed by atoms with Crippen molar-refractivity contribution in [3.63, 3.8) is 0 Å². The van der Waals surface area contributed by atoms with Crippen LogP contribution in [0.1, 0.15) is 52.8 Å². The number of Topliss-reactive ketones (excluding diaryl/α,β-unsaturated/α-hetero) is 1. The number of hydrogen-bond acceptors (Lipinski definition) is 5. The summed E-state index contributed by atoms with van der Waals surface area (Å²) < 4.78 is 10.3. The van der Waals surface area contributed by atoms with Crippen molar-refractivity contribution in [3.05, 3.63) is 65.7 Å². The Morgan fingerprint density at radius 1 is 0.926 bits per heavy atom. The number of benzene rings is 2. The van der Waals surface area contributed by atoms with Crippen LogP contribution in [-0.2, 0) is 4.74 Å². The molecule has 0 saturated carbocycles. The number of ether oxygens (including phenoxy) is 2. The van der Waals surface area contributed by atoms with Gasteiger partial charge >= 0.3 is 5.97 Å². The van der Waals surface area contributed by atoms with Gasteiger partial charge in [-0.15, -0.1) is 0 Å². The van der Waals surface area contributed by atoms with Crippen LogP contribution in [-0.4, -0.2) is 36.7 Å². The minimum atomic E-state index is -0.531. The molecular formula is C22H26O5. The summed E-state index contributed by atoms with van der Waals surface area (Å²) in [5, 5.41) is 10.0. The second-order valence-corrected chi connectivity index (χ2v) is 6.34. The first kappa shape index (κ1) is 20.6. The first-order valence-electron chi connectivity index (χ1n) is 9.17. The van der Waals surface area contributed by atoms with Crippen LogP contribution in [0.25, 0.3) is 0 Å². The van der Waals surface area contributed by atoms with Gasteiger partial charge in [-0.25, -0.2) is 4.79 Å². The third-order valence-corrected chi connectivity index (χ3v) is 4.29. The maximum absolute atomic E-state index is 12.1. The zero-order valence-electron chi connectivity index (χ0n) is 15.6. The van der Waals surface area contributed by atoms with Crippen molar-refractivity contribution >= 4 is 11.8 Å². The molecule has 2 aromatic carbocycles. The lowest BCUT2D eigenvalue weighted by Gasteiger charge is -2.10. The van der Waals surface area contributed by atoms with E-state index in [9.17, 15) is 14.7 Å². The summed E-state index contributed by atoms with van der Waals surface area (Å²) in [5.41, 5.74) is 1.16. The number of aliphatic hydroxyl groups excluding tert-OH is 1. The molecule has 0 aliphatic rings. The molecule has 5 heteroatoms. The van der Waals surface area contributed by atoms with E-state index in [-0.39, 0.29) is 11.8 Å².